The first-order valence-electron chi connectivity index (χ1n) is 4.26. The van der Waals surface area contributed by atoms with Gasteiger partial charge in [0, 0.05) is 6.04 Å². The van der Waals surface area contributed by atoms with Crippen LogP contribution in [-0.2, 0) is 0 Å². The molecule has 0 bridgehead atoms. The van der Waals surface area contributed by atoms with Gasteiger partial charge in [-0.25, -0.2) is 0 Å². The van der Waals surface area contributed by atoms with Crippen molar-refractivity contribution in [1.29, 1.82) is 0 Å². The van der Waals surface area contributed by atoms with Crippen LogP contribution in [0, 0.1) is 0 Å². The molecule has 62 valence electrons. The fourth-order valence-corrected chi connectivity index (χ4v) is 1.42. The molecule has 2 N–H and O–H groups in total. The summed E-state index contributed by atoms with van der Waals surface area (Å²) in [7, 11) is 0. The van der Waals surface area contributed by atoms with E-state index in [-0.39, 0.29) is 0 Å². The molecule has 1 saturated carbocycles. The van der Waals surface area contributed by atoms with Crippen LogP contribution < -0.4 is 5.73 Å². The predicted octanol–water partition coefficient (Wildman–Crippen LogP) is 2.39. The van der Waals surface area contributed by atoms with E-state index >= 15 is 0 Å². The Balaban J connectivity index is 2.36. The summed E-state index contributed by atoms with van der Waals surface area (Å²) in [5, 5.41) is 0. The minimum Gasteiger partial charge on any atom is -0.327 e. The Labute approximate surface area is 69.0 Å². The van der Waals surface area contributed by atoms with Gasteiger partial charge in [0.25, 0.3) is 0 Å². The molecule has 11 heavy (non-hydrogen) atoms. The molecular formula is C10H17N. The van der Waals surface area contributed by atoms with E-state index < -0.39 is 0 Å². The fraction of sp³-hybridized carbons (Fsp3) is 0.600. The monoisotopic (exact) mass is 151 g/mol. The molecule has 0 aromatic rings. The highest BCUT2D eigenvalue weighted by atomic mass is 14.6. The van der Waals surface area contributed by atoms with Gasteiger partial charge in [-0.3, -0.25) is 0 Å². The zero-order valence-corrected chi connectivity index (χ0v) is 7.27. The second-order valence-corrected chi connectivity index (χ2v) is 3.53. The van der Waals surface area contributed by atoms with Gasteiger partial charge in [-0.1, -0.05) is 23.8 Å². The smallest absolute Gasteiger partial charge is 0.00791 e. The minimum absolute atomic E-state index is 0.423. The first kappa shape index (κ1) is 8.54. The Morgan fingerprint density at radius 2 is 2.55 bits per heavy atom. The Kier molecular flexibility index (Phi) is 2.89. The molecule has 1 unspecified atom stereocenters. The average molecular weight is 151 g/mol. The minimum atomic E-state index is 0.423. The van der Waals surface area contributed by atoms with E-state index in [0.717, 1.165) is 12.8 Å². The van der Waals surface area contributed by atoms with Gasteiger partial charge in [0.1, 0.15) is 0 Å². The summed E-state index contributed by atoms with van der Waals surface area (Å²) < 4.78 is 0. The molecule has 0 aliphatic heterocycles. The lowest BCUT2D eigenvalue weighted by Crippen LogP contribution is -2.13. The van der Waals surface area contributed by atoms with E-state index in [0.29, 0.717) is 6.04 Å². The second-order valence-electron chi connectivity index (χ2n) is 3.53. The van der Waals surface area contributed by atoms with Crippen LogP contribution in [0.15, 0.2) is 23.8 Å². The first-order valence-corrected chi connectivity index (χ1v) is 4.26. The molecule has 0 aromatic carbocycles. The number of allylic oxidation sites excluding steroid dienone is 2. The molecule has 0 radical (unpaired) electrons. The van der Waals surface area contributed by atoms with Gasteiger partial charge in [-0.05, 0) is 32.6 Å². The molecule has 1 nitrogen and oxygen atoms in total. The summed E-state index contributed by atoms with van der Waals surface area (Å²) in [6.45, 7) is 5.92. The van der Waals surface area contributed by atoms with Gasteiger partial charge in [0.05, 0.1) is 0 Å². The Bertz CT molecular complexity index is 179. The fourth-order valence-electron chi connectivity index (χ4n) is 1.42. The maximum atomic E-state index is 5.77. The van der Waals surface area contributed by atoms with Gasteiger partial charge >= 0.3 is 0 Å². The number of nitrogens with two attached hydrogens (primary N) is 1. The van der Waals surface area contributed by atoms with Gasteiger partial charge < -0.3 is 5.73 Å². The van der Waals surface area contributed by atoms with Crippen LogP contribution in [0.25, 0.3) is 0 Å². The third-order valence-electron chi connectivity index (χ3n) is 2.10. The van der Waals surface area contributed by atoms with E-state index in [2.05, 4.69) is 19.6 Å². The largest absolute Gasteiger partial charge is 0.327 e. The normalized spacial score (nSPS) is 27.8. The Morgan fingerprint density at radius 1 is 1.82 bits per heavy atom. The predicted molar refractivity (Wildman–Crippen MR) is 49.3 cm³/mol. The highest BCUT2D eigenvalue weighted by Gasteiger charge is 2.13. The van der Waals surface area contributed by atoms with Crippen molar-refractivity contribution in [2.24, 2.45) is 5.73 Å². The molecule has 0 spiro atoms. The van der Waals surface area contributed by atoms with Crippen LogP contribution in [0.2, 0.25) is 0 Å². The lowest BCUT2D eigenvalue weighted by molar-refractivity contribution is 0.711. The summed E-state index contributed by atoms with van der Waals surface area (Å²) in [5.41, 5.74) is 8.53. The SMILES string of the molecule is C=C(C)C/C=C1/CCC(N)C1. The van der Waals surface area contributed by atoms with Crippen molar-refractivity contribution in [3.05, 3.63) is 23.8 Å². The van der Waals surface area contributed by atoms with Crippen molar-refractivity contribution in [3.8, 4) is 0 Å². The van der Waals surface area contributed by atoms with Crippen LogP contribution in [0.4, 0.5) is 0 Å². The van der Waals surface area contributed by atoms with E-state index in [1.54, 1.807) is 0 Å². The van der Waals surface area contributed by atoms with Crippen LogP contribution in [0.1, 0.15) is 32.6 Å². The molecule has 1 rings (SSSR count). The molecule has 1 atom stereocenters. The molecule has 0 amide bonds. The summed E-state index contributed by atoms with van der Waals surface area (Å²) in [5.74, 6) is 0. The quantitative estimate of drug-likeness (QED) is 0.602. The van der Waals surface area contributed by atoms with E-state index in [1.807, 2.05) is 0 Å². The van der Waals surface area contributed by atoms with Gasteiger partial charge in [-0.2, -0.15) is 0 Å². The molecule has 1 aliphatic carbocycles. The van der Waals surface area contributed by atoms with Crippen LogP contribution >= 0.6 is 0 Å². The van der Waals surface area contributed by atoms with Crippen LogP contribution in [0.5, 0.6) is 0 Å². The summed E-state index contributed by atoms with van der Waals surface area (Å²) in [6, 6.07) is 0.423. The highest BCUT2D eigenvalue weighted by Crippen LogP contribution is 2.23. The van der Waals surface area contributed by atoms with Gasteiger partial charge in [0.2, 0.25) is 0 Å². The van der Waals surface area contributed by atoms with Crippen molar-refractivity contribution in [1.82, 2.24) is 0 Å². The Hall–Kier alpha value is -0.560. The second kappa shape index (κ2) is 3.72. The lowest BCUT2D eigenvalue weighted by Gasteiger charge is -1.97. The molecule has 0 saturated heterocycles. The molecule has 1 heteroatoms. The maximum absolute atomic E-state index is 5.77. The third kappa shape index (κ3) is 2.89. The highest BCUT2D eigenvalue weighted by molar-refractivity contribution is 5.13. The van der Waals surface area contributed by atoms with E-state index in [4.69, 9.17) is 5.73 Å². The molecule has 1 fully saturated rings. The molecule has 1 aliphatic rings. The summed E-state index contributed by atoms with van der Waals surface area (Å²) in [6.07, 6.45) is 6.79. The summed E-state index contributed by atoms with van der Waals surface area (Å²) >= 11 is 0. The van der Waals surface area contributed by atoms with E-state index in [9.17, 15) is 0 Å². The van der Waals surface area contributed by atoms with Gasteiger partial charge in [0.15, 0.2) is 0 Å². The van der Waals surface area contributed by atoms with Crippen LogP contribution in [-0.4, -0.2) is 6.04 Å². The first-order chi connectivity index (χ1) is 5.18. The average Bonchev–Trinajstić information content (AvgIpc) is 2.31. The lowest BCUT2D eigenvalue weighted by atomic mass is 10.1. The van der Waals surface area contributed by atoms with Crippen LogP contribution in [0.3, 0.4) is 0 Å². The van der Waals surface area contributed by atoms with Crippen molar-refractivity contribution in [2.75, 3.05) is 0 Å². The third-order valence-corrected chi connectivity index (χ3v) is 2.10. The van der Waals surface area contributed by atoms with E-state index in [1.165, 1.54) is 24.0 Å². The van der Waals surface area contributed by atoms with Crippen molar-refractivity contribution in [3.63, 3.8) is 0 Å². The topological polar surface area (TPSA) is 26.0 Å². The Morgan fingerprint density at radius 3 is 3.00 bits per heavy atom. The van der Waals surface area contributed by atoms with Crippen molar-refractivity contribution in [2.45, 2.75) is 38.6 Å². The molecule has 0 aromatic heterocycles. The number of hydrogen-bond donors (Lipinski definition) is 1. The number of hydrogen-bond acceptors (Lipinski definition) is 1. The number of rotatable bonds is 2. The van der Waals surface area contributed by atoms with Crippen molar-refractivity contribution < 1.29 is 0 Å². The maximum Gasteiger partial charge on any atom is 0.00791 e. The van der Waals surface area contributed by atoms with Crippen molar-refractivity contribution >= 4 is 0 Å². The standard InChI is InChI=1S/C10H17N/c1-8(2)3-4-9-5-6-10(11)7-9/h4,10H,1,3,5-7,11H2,2H3/b9-4-. The zero-order valence-electron chi connectivity index (χ0n) is 7.27. The summed E-state index contributed by atoms with van der Waals surface area (Å²) in [4.78, 5) is 0. The van der Waals surface area contributed by atoms with Gasteiger partial charge in [-0.15, -0.1) is 0 Å². The zero-order chi connectivity index (χ0) is 8.27. The molecule has 0 heterocycles. The molecular weight excluding hydrogens is 134 g/mol.